The minimum absolute atomic E-state index is 0.0420. The Kier molecular flexibility index (Phi) is 6.70. The first-order chi connectivity index (χ1) is 16.4. The first-order valence-electron chi connectivity index (χ1n) is 10.8. The molecule has 1 heterocycles. The molecule has 0 aliphatic carbocycles. The minimum atomic E-state index is -0.572. The molecular weight excluding hydrogens is 434 g/mol. The quantitative estimate of drug-likeness (QED) is 0.401. The van der Waals surface area contributed by atoms with E-state index in [4.69, 9.17) is 13.9 Å². The second-order valence-electron chi connectivity index (χ2n) is 8.00. The highest BCUT2D eigenvalue weighted by atomic mass is 16.5. The van der Waals surface area contributed by atoms with Gasteiger partial charge in [-0.3, -0.25) is 14.5 Å². The van der Waals surface area contributed by atoms with Crippen molar-refractivity contribution in [3.05, 3.63) is 60.7 Å². The zero-order valence-corrected chi connectivity index (χ0v) is 19.5. The van der Waals surface area contributed by atoms with E-state index in [1.165, 1.54) is 0 Å². The number of nitrogens with zero attached hydrogens (tertiary/aromatic N) is 1. The van der Waals surface area contributed by atoms with Crippen molar-refractivity contribution in [2.75, 3.05) is 38.4 Å². The summed E-state index contributed by atoms with van der Waals surface area (Å²) >= 11 is 0. The molecule has 4 rings (SSSR count). The summed E-state index contributed by atoms with van der Waals surface area (Å²) in [4.78, 5) is 27.1. The molecule has 0 spiro atoms. The zero-order chi connectivity index (χ0) is 24.2. The highest BCUT2D eigenvalue weighted by molar-refractivity contribution is 6.08. The van der Waals surface area contributed by atoms with Crippen LogP contribution in [0.15, 0.2) is 65.1 Å². The van der Waals surface area contributed by atoms with Gasteiger partial charge < -0.3 is 24.5 Å². The molecule has 3 aromatic carbocycles. The van der Waals surface area contributed by atoms with Gasteiger partial charge in [0.15, 0.2) is 0 Å². The largest absolute Gasteiger partial charge is 0.497 e. The van der Waals surface area contributed by atoms with E-state index < -0.39 is 6.04 Å². The lowest BCUT2D eigenvalue weighted by Crippen LogP contribution is -2.43. The van der Waals surface area contributed by atoms with Crippen molar-refractivity contribution in [2.45, 2.75) is 13.0 Å². The lowest BCUT2D eigenvalue weighted by Gasteiger charge is -2.23. The molecule has 176 valence electrons. The second kappa shape index (κ2) is 9.84. The molecule has 0 bridgehead atoms. The van der Waals surface area contributed by atoms with Crippen LogP contribution in [-0.4, -0.2) is 50.6 Å². The number of carbonyl (C=O) groups is 2. The third-order valence-electron chi connectivity index (χ3n) is 5.76. The lowest BCUT2D eigenvalue weighted by molar-refractivity contribution is -0.122. The number of likely N-dealkylation sites (N-methyl/N-ethyl adjacent to an activating group) is 1. The van der Waals surface area contributed by atoms with Crippen molar-refractivity contribution in [3.63, 3.8) is 0 Å². The maximum Gasteiger partial charge on any atom is 0.241 e. The van der Waals surface area contributed by atoms with Crippen LogP contribution in [0.3, 0.4) is 0 Å². The molecule has 4 aromatic rings. The van der Waals surface area contributed by atoms with Crippen LogP contribution in [0.1, 0.15) is 6.92 Å². The van der Waals surface area contributed by atoms with E-state index in [9.17, 15) is 9.59 Å². The highest BCUT2D eigenvalue weighted by Crippen LogP contribution is 2.36. The molecule has 34 heavy (non-hydrogen) atoms. The monoisotopic (exact) mass is 461 g/mol. The van der Waals surface area contributed by atoms with Crippen LogP contribution in [0.5, 0.6) is 11.5 Å². The molecule has 0 fully saturated rings. The molecule has 0 aliphatic rings. The third kappa shape index (κ3) is 4.82. The van der Waals surface area contributed by atoms with Gasteiger partial charge in [-0.1, -0.05) is 18.2 Å². The Morgan fingerprint density at radius 3 is 2.38 bits per heavy atom. The molecule has 1 aromatic heterocycles. The summed E-state index contributed by atoms with van der Waals surface area (Å²) < 4.78 is 16.6. The van der Waals surface area contributed by atoms with Gasteiger partial charge in [-0.05, 0) is 50.4 Å². The van der Waals surface area contributed by atoms with Crippen molar-refractivity contribution in [1.82, 2.24) is 4.90 Å². The standard InChI is InChI=1S/C26H27N3O5/c1-16(29(2)15-25(30)27-17-9-11-18(32-3)12-10-17)26(31)28-21-14-23-20(13-24(21)33-4)19-7-5-6-8-22(19)34-23/h5-14,16H,15H2,1-4H3,(H,27,30)(H,28,31)/t16-/m0/s1. The van der Waals surface area contributed by atoms with Crippen molar-refractivity contribution < 1.29 is 23.5 Å². The van der Waals surface area contributed by atoms with Crippen LogP contribution >= 0.6 is 0 Å². The Morgan fingerprint density at radius 2 is 1.68 bits per heavy atom. The molecule has 8 heteroatoms. The predicted molar refractivity (Wildman–Crippen MR) is 133 cm³/mol. The fourth-order valence-corrected chi connectivity index (χ4v) is 3.69. The van der Waals surface area contributed by atoms with E-state index in [-0.39, 0.29) is 18.4 Å². The van der Waals surface area contributed by atoms with E-state index >= 15 is 0 Å². The number of hydrogen-bond donors (Lipinski definition) is 2. The Balaban J connectivity index is 1.43. The van der Waals surface area contributed by atoms with Crippen molar-refractivity contribution >= 4 is 45.1 Å². The van der Waals surface area contributed by atoms with Crippen molar-refractivity contribution in [2.24, 2.45) is 0 Å². The van der Waals surface area contributed by atoms with E-state index in [0.29, 0.717) is 28.5 Å². The van der Waals surface area contributed by atoms with Crippen LogP contribution < -0.4 is 20.1 Å². The SMILES string of the molecule is COc1ccc(NC(=O)CN(C)[C@@H](C)C(=O)Nc2cc3oc4ccccc4c3cc2OC)cc1. The Hall–Kier alpha value is -4.04. The molecule has 0 saturated carbocycles. The maximum absolute atomic E-state index is 13.0. The third-order valence-corrected chi connectivity index (χ3v) is 5.76. The molecule has 0 unspecified atom stereocenters. The Bertz CT molecular complexity index is 1330. The number of nitrogens with one attached hydrogen (secondary N) is 2. The van der Waals surface area contributed by atoms with Gasteiger partial charge in [0, 0.05) is 22.5 Å². The molecule has 2 N–H and O–H groups in total. The van der Waals surface area contributed by atoms with Gasteiger partial charge in [0.2, 0.25) is 11.8 Å². The number of furan rings is 1. The number of benzene rings is 3. The number of fused-ring (bicyclic) bond motifs is 3. The molecule has 2 amide bonds. The molecule has 8 nitrogen and oxygen atoms in total. The number of rotatable bonds is 8. The minimum Gasteiger partial charge on any atom is -0.497 e. The van der Waals surface area contributed by atoms with Gasteiger partial charge in [0.05, 0.1) is 32.5 Å². The van der Waals surface area contributed by atoms with Gasteiger partial charge in [-0.15, -0.1) is 0 Å². The van der Waals surface area contributed by atoms with Crippen LogP contribution in [0.4, 0.5) is 11.4 Å². The number of amides is 2. The Morgan fingerprint density at radius 1 is 0.941 bits per heavy atom. The average Bonchev–Trinajstić information content (AvgIpc) is 3.20. The number of hydrogen-bond acceptors (Lipinski definition) is 6. The van der Waals surface area contributed by atoms with Crippen LogP contribution in [0.25, 0.3) is 21.9 Å². The van der Waals surface area contributed by atoms with Crippen molar-refractivity contribution in [1.29, 1.82) is 0 Å². The van der Waals surface area contributed by atoms with Gasteiger partial charge in [0.1, 0.15) is 22.7 Å². The normalized spacial score (nSPS) is 12.0. The van der Waals surface area contributed by atoms with E-state index in [2.05, 4.69) is 10.6 Å². The number of carbonyl (C=O) groups excluding carboxylic acids is 2. The van der Waals surface area contributed by atoms with E-state index in [1.54, 1.807) is 63.4 Å². The molecule has 0 saturated heterocycles. The topological polar surface area (TPSA) is 93.0 Å². The summed E-state index contributed by atoms with van der Waals surface area (Å²) in [6, 6.07) is 17.8. The smallest absolute Gasteiger partial charge is 0.241 e. The summed E-state index contributed by atoms with van der Waals surface area (Å²) in [7, 11) is 4.86. The summed E-state index contributed by atoms with van der Waals surface area (Å²) in [5, 5.41) is 7.61. The van der Waals surface area contributed by atoms with Crippen LogP contribution in [0, 0.1) is 0 Å². The first-order valence-corrected chi connectivity index (χ1v) is 10.8. The van der Waals surface area contributed by atoms with Gasteiger partial charge in [0.25, 0.3) is 0 Å². The van der Waals surface area contributed by atoms with E-state index in [0.717, 1.165) is 16.4 Å². The van der Waals surface area contributed by atoms with Gasteiger partial charge >= 0.3 is 0 Å². The fourth-order valence-electron chi connectivity index (χ4n) is 3.69. The van der Waals surface area contributed by atoms with Gasteiger partial charge in [-0.2, -0.15) is 0 Å². The predicted octanol–water partition coefficient (Wildman–Crippen LogP) is 4.50. The molecule has 0 radical (unpaired) electrons. The van der Waals surface area contributed by atoms with Crippen molar-refractivity contribution in [3.8, 4) is 11.5 Å². The van der Waals surface area contributed by atoms with Crippen LogP contribution in [0.2, 0.25) is 0 Å². The van der Waals surface area contributed by atoms with Crippen LogP contribution in [-0.2, 0) is 9.59 Å². The fraction of sp³-hybridized carbons (Fsp3) is 0.231. The summed E-state index contributed by atoms with van der Waals surface area (Å²) in [6.07, 6.45) is 0. The second-order valence-corrected chi connectivity index (χ2v) is 8.00. The van der Waals surface area contributed by atoms with Gasteiger partial charge in [-0.25, -0.2) is 0 Å². The summed E-state index contributed by atoms with van der Waals surface area (Å²) in [6.45, 7) is 1.78. The number of anilines is 2. The first kappa shape index (κ1) is 23.1. The maximum atomic E-state index is 13.0. The molecule has 0 aliphatic heterocycles. The lowest BCUT2D eigenvalue weighted by atomic mass is 10.1. The van der Waals surface area contributed by atoms with E-state index in [1.807, 2.05) is 30.3 Å². The summed E-state index contributed by atoms with van der Waals surface area (Å²) in [5.74, 6) is 0.735. The molecular formula is C26H27N3O5. The Labute approximate surface area is 197 Å². The zero-order valence-electron chi connectivity index (χ0n) is 19.5. The average molecular weight is 462 g/mol. The number of methoxy groups -OCH3 is 2. The summed E-state index contributed by atoms with van der Waals surface area (Å²) in [5.41, 5.74) is 2.57. The molecule has 1 atom stereocenters. The number of para-hydroxylation sites is 1. The highest BCUT2D eigenvalue weighted by Gasteiger charge is 2.22. The number of ether oxygens (including phenoxy) is 2.